The number of hydrogen-bond donors (Lipinski definition) is 1. The number of nitrogens with zero attached hydrogens (tertiary/aromatic N) is 1. The fourth-order valence-corrected chi connectivity index (χ4v) is 5.83. The van der Waals surface area contributed by atoms with Crippen molar-refractivity contribution in [2.45, 2.75) is 44.6 Å². The van der Waals surface area contributed by atoms with Crippen LogP contribution in [-0.4, -0.2) is 20.9 Å². The quantitative estimate of drug-likeness (QED) is 0.270. The zero-order valence-corrected chi connectivity index (χ0v) is 23.1. The van der Waals surface area contributed by atoms with Crippen LogP contribution in [0.2, 0.25) is 0 Å². The van der Waals surface area contributed by atoms with Crippen molar-refractivity contribution in [2.75, 3.05) is 10.8 Å². The highest BCUT2D eigenvalue weighted by atomic mass is 32.2. The smallest absolute Gasteiger partial charge is 0.264 e. The first kappa shape index (κ1) is 27.1. The van der Waals surface area contributed by atoms with E-state index in [0.29, 0.717) is 11.6 Å². The van der Waals surface area contributed by atoms with Gasteiger partial charge >= 0.3 is 0 Å². The minimum Gasteiger partial charge on any atom is -0.344 e. The summed E-state index contributed by atoms with van der Waals surface area (Å²) < 4.78 is 28.8. The van der Waals surface area contributed by atoms with Gasteiger partial charge in [-0.2, -0.15) is 0 Å². The molecule has 0 spiro atoms. The van der Waals surface area contributed by atoms with Crippen LogP contribution in [0.25, 0.3) is 0 Å². The van der Waals surface area contributed by atoms with Gasteiger partial charge < -0.3 is 5.32 Å². The van der Waals surface area contributed by atoms with Crippen molar-refractivity contribution in [1.29, 1.82) is 0 Å². The second-order valence-electron chi connectivity index (χ2n) is 9.84. The minimum absolute atomic E-state index is 0.141. The second kappa shape index (κ2) is 11.7. The maximum atomic E-state index is 13.8. The standard InChI is InChI=1S/C32H34N2O3S/c1-23(2)26-16-18-28(19-17-26)34(38(36,37)29-20-14-24(3)15-21-29)22-31(35)33-32(27-11-6-5-7-12-27)30-13-9-8-10-25(30)4/h5-21,23,32H,22H2,1-4H3,(H,33,35)/t32-/m1/s1. The zero-order chi connectivity index (χ0) is 27.3. The van der Waals surface area contributed by atoms with Crippen LogP contribution in [0.1, 0.15) is 53.6 Å². The van der Waals surface area contributed by atoms with Crippen LogP contribution in [0.5, 0.6) is 0 Å². The molecule has 0 aliphatic heterocycles. The molecule has 0 heterocycles. The Morgan fingerprint density at radius 2 is 1.37 bits per heavy atom. The lowest BCUT2D eigenvalue weighted by Gasteiger charge is -2.27. The van der Waals surface area contributed by atoms with E-state index in [1.54, 1.807) is 36.4 Å². The van der Waals surface area contributed by atoms with Crippen molar-refractivity contribution in [3.05, 3.63) is 131 Å². The summed E-state index contributed by atoms with van der Waals surface area (Å²) in [4.78, 5) is 13.7. The maximum Gasteiger partial charge on any atom is 0.264 e. The van der Waals surface area contributed by atoms with E-state index in [-0.39, 0.29) is 11.4 Å². The van der Waals surface area contributed by atoms with Crippen molar-refractivity contribution < 1.29 is 13.2 Å². The third-order valence-electron chi connectivity index (χ3n) is 6.68. The van der Waals surface area contributed by atoms with Crippen LogP contribution in [0.3, 0.4) is 0 Å². The van der Waals surface area contributed by atoms with Crippen molar-refractivity contribution in [1.82, 2.24) is 5.32 Å². The molecule has 1 atom stereocenters. The second-order valence-corrected chi connectivity index (χ2v) is 11.7. The highest BCUT2D eigenvalue weighted by Crippen LogP contribution is 2.28. The van der Waals surface area contributed by atoms with E-state index in [1.807, 2.05) is 80.6 Å². The van der Waals surface area contributed by atoms with Gasteiger partial charge in [0, 0.05) is 0 Å². The summed E-state index contributed by atoms with van der Waals surface area (Å²) in [5, 5.41) is 3.11. The lowest BCUT2D eigenvalue weighted by Crippen LogP contribution is -2.42. The highest BCUT2D eigenvalue weighted by molar-refractivity contribution is 7.92. The molecule has 0 unspecified atom stereocenters. The summed E-state index contributed by atoms with van der Waals surface area (Å²) in [7, 11) is -4.00. The molecule has 0 saturated carbocycles. The SMILES string of the molecule is Cc1ccc(S(=O)(=O)N(CC(=O)N[C@H](c2ccccc2)c2ccccc2C)c2ccc(C(C)C)cc2)cc1. The molecule has 6 heteroatoms. The highest BCUT2D eigenvalue weighted by Gasteiger charge is 2.29. The van der Waals surface area contributed by atoms with Gasteiger partial charge in [-0.3, -0.25) is 9.10 Å². The lowest BCUT2D eigenvalue weighted by atomic mass is 9.95. The van der Waals surface area contributed by atoms with Gasteiger partial charge in [0.2, 0.25) is 5.91 Å². The number of hydrogen-bond acceptors (Lipinski definition) is 3. The normalized spacial score (nSPS) is 12.2. The largest absolute Gasteiger partial charge is 0.344 e. The van der Waals surface area contributed by atoms with Crippen LogP contribution in [0.4, 0.5) is 5.69 Å². The molecule has 1 amide bonds. The molecule has 4 aromatic rings. The first-order valence-corrected chi connectivity index (χ1v) is 14.2. The van der Waals surface area contributed by atoms with Crippen LogP contribution in [-0.2, 0) is 14.8 Å². The molecule has 4 aromatic carbocycles. The number of anilines is 1. The predicted octanol–water partition coefficient (Wildman–Crippen LogP) is 6.53. The topological polar surface area (TPSA) is 66.5 Å². The average molecular weight is 527 g/mol. The Morgan fingerprint density at radius 1 is 0.763 bits per heavy atom. The van der Waals surface area contributed by atoms with Gasteiger partial charge in [-0.25, -0.2) is 8.42 Å². The Hall–Kier alpha value is -3.90. The number of amides is 1. The molecule has 196 valence electrons. The number of sulfonamides is 1. The fraction of sp³-hybridized carbons (Fsp3) is 0.219. The molecule has 0 radical (unpaired) electrons. The lowest BCUT2D eigenvalue weighted by molar-refractivity contribution is -0.120. The Morgan fingerprint density at radius 3 is 1.97 bits per heavy atom. The van der Waals surface area contributed by atoms with E-state index < -0.39 is 22.0 Å². The van der Waals surface area contributed by atoms with Crippen molar-refractivity contribution in [3.63, 3.8) is 0 Å². The average Bonchev–Trinajstić information content (AvgIpc) is 2.91. The molecule has 0 fully saturated rings. The van der Waals surface area contributed by atoms with E-state index >= 15 is 0 Å². The van der Waals surface area contributed by atoms with Crippen LogP contribution >= 0.6 is 0 Å². The Bertz CT molecular complexity index is 1480. The maximum absolute atomic E-state index is 13.8. The van der Waals surface area contributed by atoms with Crippen LogP contribution in [0.15, 0.2) is 108 Å². The molecular weight excluding hydrogens is 492 g/mol. The van der Waals surface area contributed by atoms with E-state index in [9.17, 15) is 13.2 Å². The van der Waals surface area contributed by atoms with E-state index in [2.05, 4.69) is 19.2 Å². The summed E-state index contributed by atoms with van der Waals surface area (Å²) >= 11 is 0. The van der Waals surface area contributed by atoms with E-state index in [0.717, 1.165) is 27.8 Å². The molecular formula is C32H34N2O3S. The fourth-order valence-electron chi connectivity index (χ4n) is 4.41. The molecule has 0 aliphatic carbocycles. The summed E-state index contributed by atoms with van der Waals surface area (Å²) in [6, 6.07) is 31.2. The van der Waals surface area contributed by atoms with E-state index in [1.165, 1.54) is 4.31 Å². The summed E-state index contributed by atoms with van der Waals surface area (Å²) in [6.07, 6.45) is 0. The van der Waals surface area contributed by atoms with Gasteiger partial charge in [-0.15, -0.1) is 0 Å². The molecule has 5 nitrogen and oxygen atoms in total. The van der Waals surface area contributed by atoms with Crippen molar-refractivity contribution >= 4 is 21.6 Å². The first-order valence-electron chi connectivity index (χ1n) is 12.8. The van der Waals surface area contributed by atoms with Gasteiger partial charge in [0.25, 0.3) is 10.0 Å². The predicted molar refractivity (Wildman–Crippen MR) is 154 cm³/mol. The number of benzene rings is 4. The van der Waals surface area contributed by atoms with Gasteiger partial charge in [0.1, 0.15) is 6.54 Å². The molecule has 0 bridgehead atoms. The number of carbonyl (C=O) groups is 1. The Balaban J connectivity index is 1.70. The minimum atomic E-state index is -4.00. The first-order chi connectivity index (χ1) is 18.2. The van der Waals surface area contributed by atoms with E-state index in [4.69, 9.17) is 0 Å². The zero-order valence-electron chi connectivity index (χ0n) is 22.3. The molecule has 1 N–H and O–H groups in total. The summed E-state index contributed by atoms with van der Waals surface area (Å²) in [6.45, 7) is 7.72. The van der Waals surface area contributed by atoms with Crippen LogP contribution in [0, 0.1) is 13.8 Å². The molecule has 0 saturated heterocycles. The number of rotatable bonds is 9. The molecule has 4 rings (SSSR count). The van der Waals surface area contributed by atoms with Gasteiger partial charge in [-0.1, -0.05) is 98.3 Å². The van der Waals surface area contributed by atoms with Crippen LogP contribution < -0.4 is 9.62 Å². The number of aryl methyl sites for hydroxylation is 2. The molecule has 0 aromatic heterocycles. The monoisotopic (exact) mass is 526 g/mol. The summed E-state index contributed by atoms with van der Waals surface area (Å²) in [5.41, 5.74) is 5.41. The third-order valence-corrected chi connectivity index (χ3v) is 8.47. The van der Waals surface area contributed by atoms with Crippen molar-refractivity contribution in [2.24, 2.45) is 0 Å². The molecule has 38 heavy (non-hydrogen) atoms. The van der Waals surface area contributed by atoms with Crippen molar-refractivity contribution in [3.8, 4) is 0 Å². The Kier molecular flexibility index (Phi) is 8.32. The van der Waals surface area contributed by atoms with Gasteiger partial charge in [0.15, 0.2) is 0 Å². The summed E-state index contributed by atoms with van der Waals surface area (Å²) in [5.74, 6) is -0.0963. The molecule has 0 aliphatic rings. The Labute approximate surface area is 226 Å². The number of nitrogens with one attached hydrogen (secondary N) is 1. The third kappa shape index (κ3) is 6.14. The van der Waals surface area contributed by atoms with Gasteiger partial charge in [-0.05, 0) is 66.3 Å². The van der Waals surface area contributed by atoms with Gasteiger partial charge in [0.05, 0.1) is 16.6 Å². The number of carbonyl (C=O) groups excluding carboxylic acids is 1.